The molecule has 0 bridgehead atoms. The van der Waals surface area contributed by atoms with Gasteiger partial charge >= 0.3 is 0 Å². The summed E-state index contributed by atoms with van der Waals surface area (Å²) in [7, 11) is 5.77. The summed E-state index contributed by atoms with van der Waals surface area (Å²) in [5.41, 5.74) is 2.64. The maximum absolute atomic E-state index is 5.44. The minimum absolute atomic E-state index is 0.414. The summed E-state index contributed by atoms with van der Waals surface area (Å²) in [6, 6.07) is 6.96. The van der Waals surface area contributed by atoms with E-state index in [-0.39, 0.29) is 0 Å². The number of rotatable bonds is 8. The van der Waals surface area contributed by atoms with E-state index >= 15 is 0 Å². The molecular formula is C16H28N2O. The average molecular weight is 264 g/mol. The highest BCUT2D eigenvalue weighted by Crippen LogP contribution is 2.30. The van der Waals surface area contributed by atoms with E-state index in [9.17, 15) is 0 Å². The van der Waals surface area contributed by atoms with Gasteiger partial charge in [0.05, 0.1) is 7.11 Å². The summed E-state index contributed by atoms with van der Waals surface area (Å²) in [6.45, 7) is 5.47. The zero-order chi connectivity index (χ0) is 14.3. The Morgan fingerprint density at radius 1 is 1.21 bits per heavy atom. The van der Waals surface area contributed by atoms with E-state index in [4.69, 9.17) is 4.74 Å². The van der Waals surface area contributed by atoms with Crippen LogP contribution in [0.25, 0.3) is 0 Å². The Balaban J connectivity index is 2.88. The van der Waals surface area contributed by atoms with Crippen LogP contribution < -0.4 is 15.4 Å². The molecule has 1 unspecified atom stereocenters. The standard InChI is InChI=1S/C16H28N2O/c1-12(2)14-11-13(8-9-16(14)19-5)15(18-4)7-6-10-17-3/h8-9,11-12,15,17-18H,6-7,10H2,1-5H3. The highest BCUT2D eigenvalue weighted by Gasteiger charge is 2.13. The van der Waals surface area contributed by atoms with E-state index in [2.05, 4.69) is 42.7 Å². The van der Waals surface area contributed by atoms with Gasteiger partial charge in [-0.2, -0.15) is 0 Å². The molecule has 1 aromatic rings. The van der Waals surface area contributed by atoms with E-state index in [1.165, 1.54) is 17.5 Å². The number of hydrogen-bond acceptors (Lipinski definition) is 3. The van der Waals surface area contributed by atoms with Crippen molar-refractivity contribution in [2.75, 3.05) is 27.7 Å². The summed E-state index contributed by atoms with van der Waals surface area (Å²) < 4.78 is 5.44. The number of benzene rings is 1. The monoisotopic (exact) mass is 264 g/mol. The summed E-state index contributed by atoms with van der Waals surface area (Å²) in [6.07, 6.45) is 2.31. The van der Waals surface area contributed by atoms with Crippen molar-refractivity contribution < 1.29 is 4.74 Å². The maximum atomic E-state index is 5.44. The third-order valence-electron chi connectivity index (χ3n) is 3.55. The molecule has 0 aliphatic rings. The smallest absolute Gasteiger partial charge is 0.122 e. The molecule has 19 heavy (non-hydrogen) atoms. The number of ether oxygens (including phenoxy) is 1. The van der Waals surface area contributed by atoms with Gasteiger partial charge in [0, 0.05) is 6.04 Å². The van der Waals surface area contributed by atoms with Crippen LogP contribution in [0.5, 0.6) is 5.75 Å². The van der Waals surface area contributed by atoms with Gasteiger partial charge in [-0.15, -0.1) is 0 Å². The van der Waals surface area contributed by atoms with Crippen molar-refractivity contribution in [3.63, 3.8) is 0 Å². The highest BCUT2D eigenvalue weighted by molar-refractivity contribution is 5.40. The van der Waals surface area contributed by atoms with Gasteiger partial charge in [0.1, 0.15) is 5.75 Å². The van der Waals surface area contributed by atoms with E-state index < -0.39 is 0 Å². The van der Waals surface area contributed by atoms with Crippen molar-refractivity contribution in [2.45, 2.75) is 38.6 Å². The first-order valence-corrected chi connectivity index (χ1v) is 7.13. The third kappa shape index (κ3) is 4.51. The van der Waals surface area contributed by atoms with Crippen molar-refractivity contribution in [3.05, 3.63) is 29.3 Å². The zero-order valence-corrected chi connectivity index (χ0v) is 12.9. The Hall–Kier alpha value is -1.06. The molecule has 3 heteroatoms. The third-order valence-corrected chi connectivity index (χ3v) is 3.55. The molecule has 3 nitrogen and oxygen atoms in total. The maximum Gasteiger partial charge on any atom is 0.122 e. The van der Waals surface area contributed by atoms with Gasteiger partial charge < -0.3 is 15.4 Å². The second-order valence-electron chi connectivity index (χ2n) is 5.24. The molecule has 0 amide bonds. The fraction of sp³-hybridized carbons (Fsp3) is 0.625. The Morgan fingerprint density at radius 3 is 2.47 bits per heavy atom. The molecule has 0 aliphatic carbocycles. The molecule has 108 valence electrons. The second kappa shape index (κ2) is 8.18. The number of hydrogen-bond donors (Lipinski definition) is 2. The molecule has 0 aromatic heterocycles. The molecule has 0 spiro atoms. The van der Waals surface area contributed by atoms with Gasteiger partial charge in [0.15, 0.2) is 0 Å². The average Bonchev–Trinajstić information content (AvgIpc) is 2.43. The molecule has 0 saturated carbocycles. The van der Waals surface area contributed by atoms with E-state index in [1.807, 2.05) is 14.1 Å². The first kappa shape index (κ1) is 16.0. The fourth-order valence-corrected chi connectivity index (χ4v) is 2.38. The first-order valence-electron chi connectivity index (χ1n) is 7.13. The minimum Gasteiger partial charge on any atom is -0.496 e. The van der Waals surface area contributed by atoms with Crippen LogP contribution >= 0.6 is 0 Å². The predicted molar refractivity (Wildman–Crippen MR) is 82.0 cm³/mol. The van der Waals surface area contributed by atoms with E-state index in [1.54, 1.807) is 7.11 Å². The van der Waals surface area contributed by atoms with Gasteiger partial charge in [-0.3, -0.25) is 0 Å². The van der Waals surface area contributed by atoms with Gasteiger partial charge in [0.2, 0.25) is 0 Å². The van der Waals surface area contributed by atoms with E-state index in [0.29, 0.717) is 12.0 Å². The molecule has 0 saturated heterocycles. The molecule has 0 fully saturated rings. The molecule has 0 heterocycles. The van der Waals surface area contributed by atoms with Gasteiger partial charge in [-0.1, -0.05) is 26.0 Å². The van der Waals surface area contributed by atoms with E-state index in [0.717, 1.165) is 18.7 Å². The fourth-order valence-electron chi connectivity index (χ4n) is 2.38. The quantitative estimate of drug-likeness (QED) is 0.708. The van der Waals surface area contributed by atoms with Gasteiger partial charge in [-0.25, -0.2) is 0 Å². The topological polar surface area (TPSA) is 33.3 Å². The van der Waals surface area contributed by atoms with Crippen molar-refractivity contribution >= 4 is 0 Å². The van der Waals surface area contributed by atoms with Crippen LogP contribution in [0.1, 0.15) is 49.8 Å². The van der Waals surface area contributed by atoms with Crippen molar-refractivity contribution in [3.8, 4) is 5.75 Å². The van der Waals surface area contributed by atoms with Crippen LogP contribution in [0.2, 0.25) is 0 Å². The number of nitrogens with one attached hydrogen (secondary N) is 2. The van der Waals surface area contributed by atoms with Crippen molar-refractivity contribution in [1.29, 1.82) is 0 Å². The summed E-state index contributed by atoms with van der Waals surface area (Å²) in [5, 5.41) is 6.61. The van der Waals surface area contributed by atoms with Crippen LogP contribution in [0.3, 0.4) is 0 Å². The molecule has 1 aromatic carbocycles. The van der Waals surface area contributed by atoms with Crippen LogP contribution in [-0.2, 0) is 0 Å². The lowest BCUT2D eigenvalue weighted by molar-refractivity contribution is 0.406. The molecule has 1 rings (SSSR count). The van der Waals surface area contributed by atoms with Gasteiger partial charge in [0.25, 0.3) is 0 Å². The summed E-state index contributed by atoms with van der Waals surface area (Å²) >= 11 is 0. The van der Waals surface area contributed by atoms with Crippen LogP contribution in [0, 0.1) is 0 Å². The SMILES string of the molecule is CNCCCC(NC)c1ccc(OC)c(C(C)C)c1. The largest absolute Gasteiger partial charge is 0.496 e. The Bertz CT molecular complexity index is 377. The highest BCUT2D eigenvalue weighted by atomic mass is 16.5. The Morgan fingerprint density at radius 2 is 1.95 bits per heavy atom. The Labute approximate surface area is 117 Å². The zero-order valence-electron chi connectivity index (χ0n) is 12.9. The molecule has 0 radical (unpaired) electrons. The van der Waals surface area contributed by atoms with Crippen molar-refractivity contribution in [1.82, 2.24) is 10.6 Å². The lowest BCUT2D eigenvalue weighted by atomic mass is 9.95. The van der Waals surface area contributed by atoms with Gasteiger partial charge in [-0.05, 0) is 56.6 Å². The Kier molecular flexibility index (Phi) is 6.89. The molecular weight excluding hydrogens is 236 g/mol. The lowest BCUT2D eigenvalue weighted by Gasteiger charge is -2.20. The minimum atomic E-state index is 0.414. The molecule has 2 N–H and O–H groups in total. The van der Waals surface area contributed by atoms with Crippen LogP contribution in [0.4, 0.5) is 0 Å². The van der Waals surface area contributed by atoms with Crippen LogP contribution in [-0.4, -0.2) is 27.7 Å². The normalized spacial score (nSPS) is 12.7. The second-order valence-corrected chi connectivity index (χ2v) is 5.24. The van der Waals surface area contributed by atoms with Crippen molar-refractivity contribution in [2.24, 2.45) is 0 Å². The predicted octanol–water partition coefficient (Wildman–Crippen LogP) is 3.08. The lowest BCUT2D eigenvalue weighted by Crippen LogP contribution is -2.19. The number of methoxy groups -OCH3 is 1. The van der Waals surface area contributed by atoms with Crippen LogP contribution in [0.15, 0.2) is 18.2 Å². The summed E-state index contributed by atoms with van der Waals surface area (Å²) in [5.74, 6) is 1.47. The first-order chi connectivity index (χ1) is 9.13. The molecule has 0 aliphatic heterocycles. The summed E-state index contributed by atoms with van der Waals surface area (Å²) in [4.78, 5) is 0. The molecule has 1 atom stereocenters.